The van der Waals surface area contributed by atoms with Gasteiger partial charge in [0, 0.05) is 13.0 Å². The molecule has 0 saturated heterocycles. The van der Waals surface area contributed by atoms with Crippen LogP contribution in [-0.4, -0.2) is 47.8 Å². The van der Waals surface area contributed by atoms with E-state index in [1.54, 1.807) is 6.08 Å². The van der Waals surface area contributed by atoms with Crippen LogP contribution in [0.5, 0.6) is 0 Å². The molecule has 0 aromatic heterocycles. The number of nitrogens with one attached hydrogen (secondary N) is 1. The van der Waals surface area contributed by atoms with Gasteiger partial charge in [0.2, 0.25) is 5.91 Å². The SMILES string of the molecule is CCCCCCC/C=C\C/C=C\CCCCCCCCCCCC(=O)NC(COP(=O)(O)OCCN)C(O)/C=C/CC/C=C/CCCCCCCCC. The summed E-state index contributed by atoms with van der Waals surface area (Å²) in [5, 5.41) is 13.6. The molecule has 3 unspecified atom stereocenters. The molecule has 0 fully saturated rings. The van der Waals surface area contributed by atoms with Crippen molar-refractivity contribution in [1.82, 2.24) is 5.32 Å². The van der Waals surface area contributed by atoms with Crippen LogP contribution in [0.1, 0.15) is 194 Å². The van der Waals surface area contributed by atoms with Crippen LogP contribution in [0.15, 0.2) is 48.6 Å². The molecule has 53 heavy (non-hydrogen) atoms. The number of amides is 1. The molecular weight excluding hydrogens is 683 g/mol. The molecule has 0 aliphatic heterocycles. The van der Waals surface area contributed by atoms with Crippen molar-refractivity contribution in [2.24, 2.45) is 5.73 Å². The van der Waals surface area contributed by atoms with E-state index >= 15 is 0 Å². The Morgan fingerprint density at radius 2 is 1.06 bits per heavy atom. The number of carbonyl (C=O) groups excluding carboxylic acids is 1. The molecule has 0 bridgehead atoms. The summed E-state index contributed by atoms with van der Waals surface area (Å²) in [6, 6.07) is -0.879. The number of rotatable bonds is 40. The lowest BCUT2D eigenvalue weighted by atomic mass is 10.1. The molecule has 0 radical (unpaired) electrons. The van der Waals surface area contributed by atoms with Crippen molar-refractivity contribution in [2.45, 2.75) is 206 Å². The van der Waals surface area contributed by atoms with E-state index in [1.165, 1.54) is 128 Å². The van der Waals surface area contributed by atoms with Gasteiger partial charge in [-0.25, -0.2) is 4.57 Å². The van der Waals surface area contributed by atoms with Gasteiger partial charge >= 0.3 is 7.82 Å². The van der Waals surface area contributed by atoms with Gasteiger partial charge in [0.1, 0.15) is 0 Å². The number of hydrogen-bond donors (Lipinski definition) is 4. The first kappa shape index (κ1) is 51.5. The fraction of sp³-hybridized carbons (Fsp3) is 0.795. The number of unbranched alkanes of at least 4 members (excludes halogenated alkanes) is 22. The first-order valence-electron chi connectivity index (χ1n) is 21.8. The monoisotopic (exact) mass is 767 g/mol. The predicted molar refractivity (Wildman–Crippen MR) is 226 cm³/mol. The highest BCUT2D eigenvalue weighted by atomic mass is 31.2. The zero-order valence-corrected chi connectivity index (χ0v) is 35.1. The number of aliphatic hydroxyl groups excluding tert-OH is 1. The van der Waals surface area contributed by atoms with Crippen LogP contribution in [0, 0.1) is 0 Å². The smallest absolute Gasteiger partial charge is 0.387 e. The third kappa shape index (κ3) is 38.5. The molecule has 0 aromatic rings. The Kier molecular flexibility index (Phi) is 39.0. The van der Waals surface area contributed by atoms with Crippen LogP contribution in [-0.2, 0) is 18.4 Å². The van der Waals surface area contributed by atoms with E-state index in [2.05, 4.69) is 55.6 Å². The molecule has 0 spiro atoms. The lowest BCUT2D eigenvalue weighted by Gasteiger charge is -2.23. The summed E-state index contributed by atoms with van der Waals surface area (Å²) in [4.78, 5) is 22.7. The standard InChI is InChI=1S/C44H83N2O6P/c1-3-5-7-9-11-13-15-17-18-19-20-21-22-23-24-26-28-30-32-34-36-38-44(48)46-42(41-52-53(49,50)51-40-39-45)43(47)37-35-33-31-29-27-25-16-14-12-10-8-6-4-2/h15,17,19-20,27,29,35,37,42-43,47H,3-14,16,18,21-26,28,30-34,36,38-41,45H2,1-2H3,(H,46,48)(H,49,50)/b17-15-,20-19-,29-27+,37-35+. The van der Waals surface area contributed by atoms with Crippen LogP contribution >= 0.6 is 7.82 Å². The number of nitrogens with two attached hydrogens (primary N) is 1. The molecule has 8 nitrogen and oxygen atoms in total. The van der Waals surface area contributed by atoms with Crippen LogP contribution in [0.2, 0.25) is 0 Å². The van der Waals surface area contributed by atoms with Crippen molar-refractivity contribution < 1.29 is 28.4 Å². The third-order valence-electron chi connectivity index (χ3n) is 9.38. The summed E-state index contributed by atoms with van der Waals surface area (Å²) in [6.45, 7) is 4.08. The van der Waals surface area contributed by atoms with E-state index in [-0.39, 0.29) is 25.7 Å². The number of allylic oxidation sites excluding steroid dienone is 7. The lowest BCUT2D eigenvalue weighted by molar-refractivity contribution is -0.123. The second-order valence-electron chi connectivity index (χ2n) is 14.5. The molecule has 0 aliphatic rings. The van der Waals surface area contributed by atoms with Gasteiger partial charge in [0.25, 0.3) is 0 Å². The molecule has 0 rings (SSSR count). The van der Waals surface area contributed by atoms with Crippen molar-refractivity contribution in [3.05, 3.63) is 48.6 Å². The number of phosphoric acid groups is 1. The van der Waals surface area contributed by atoms with Crippen LogP contribution in [0.3, 0.4) is 0 Å². The number of phosphoric ester groups is 1. The van der Waals surface area contributed by atoms with Crippen molar-refractivity contribution in [3.8, 4) is 0 Å². The second-order valence-corrected chi connectivity index (χ2v) is 16.0. The highest BCUT2D eigenvalue weighted by Crippen LogP contribution is 2.43. The Hall–Kier alpha value is -1.54. The summed E-state index contributed by atoms with van der Waals surface area (Å²) in [5.74, 6) is -0.210. The maximum absolute atomic E-state index is 12.7. The maximum atomic E-state index is 12.7. The second kappa shape index (κ2) is 40.1. The van der Waals surface area contributed by atoms with E-state index in [4.69, 9.17) is 14.8 Å². The van der Waals surface area contributed by atoms with E-state index in [0.29, 0.717) is 6.42 Å². The third-order valence-corrected chi connectivity index (χ3v) is 10.4. The van der Waals surface area contributed by atoms with Gasteiger partial charge in [-0.1, -0.05) is 172 Å². The van der Waals surface area contributed by atoms with Crippen molar-refractivity contribution in [3.63, 3.8) is 0 Å². The fourth-order valence-corrected chi connectivity index (χ4v) is 6.82. The van der Waals surface area contributed by atoms with E-state index in [9.17, 15) is 19.4 Å². The topological polar surface area (TPSA) is 131 Å². The molecule has 5 N–H and O–H groups in total. The molecule has 0 heterocycles. The zero-order valence-electron chi connectivity index (χ0n) is 34.2. The van der Waals surface area contributed by atoms with E-state index < -0.39 is 20.0 Å². The minimum absolute atomic E-state index is 0.0720. The summed E-state index contributed by atoms with van der Waals surface area (Å²) < 4.78 is 22.1. The van der Waals surface area contributed by atoms with Crippen molar-refractivity contribution in [2.75, 3.05) is 19.8 Å². The molecule has 9 heteroatoms. The van der Waals surface area contributed by atoms with Gasteiger partial charge in [-0.15, -0.1) is 0 Å². The minimum Gasteiger partial charge on any atom is -0.387 e. The number of aliphatic hydroxyl groups is 1. The van der Waals surface area contributed by atoms with Gasteiger partial charge in [0.15, 0.2) is 0 Å². The fourth-order valence-electron chi connectivity index (χ4n) is 6.06. The molecule has 1 amide bonds. The Morgan fingerprint density at radius 1 is 0.623 bits per heavy atom. The summed E-state index contributed by atoms with van der Waals surface area (Å²) >= 11 is 0. The quantitative estimate of drug-likeness (QED) is 0.0277. The summed E-state index contributed by atoms with van der Waals surface area (Å²) in [5.41, 5.74) is 5.36. The number of hydrogen-bond acceptors (Lipinski definition) is 6. The Balaban J connectivity index is 4.21. The van der Waals surface area contributed by atoms with E-state index in [0.717, 1.165) is 44.9 Å². The molecule has 0 aromatic carbocycles. The molecule has 310 valence electrons. The predicted octanol–water partition coefficient (Wildman–Crippen LogP) is 12.1. The summed E-state index contributed by atoms with van der Waals surface area (Å²) in [6.07, 6.45) is 48.8. The number of carbonyl (C=O) groups is 1. The Morgan fingerprint density at radius 3 is 1.57 bits per heavy atom. The molecule has 0 aliphatic carbocycles. The van der Waals surface area contributed by atoms with Gasteiger partial charge in [-0.2, -0.15) is 0 Å². The molecule has 3 atom stereocenters. The van der Waals surface area contributed by atoms with Gasteiger partial charge in [-0.3, -0.25) is 13.8 Å². The highest BCUT2D eigenvalue weighted by molar-refractivity contribution is 7.47. The van der Waals surface area contributed by atoms with Gasteiger partial charge < -0.3 is 21.1 Å². The van der Waals surface area contributed by atoms with Crippen LogP contribution < -0.4 is 11.1 Å². The van der Waals surface area contributed by atoms with Crippen LogP contribution in [0.4, 0.5) is 0 Å². The Labute approximate surface area is 326 Å². The largest absolute Gasteiger partial charge is 0.472 e. The highest BCUT2D eigenvalue weighted by Gasteiger charge is 2.26. The molecule has 0 saturated carbocycles. The summed E-state index contributed by atoms with van der Waals surface area (Å²) in [7, 11) is -4.35. The first-order valence-corrected chi connectivity index (χ1v) is 23.3. The Bertz CT molecular complexity index is 970. The first-order chi connectivity index (χ1) is 25.9. The average molecular weight is 767 g/mol. The average Bonchev–Trinajstić information content (AvgIpc) is 3.14. The van der Waals surface area contributed by atoms with Gasteiger partial charge in [0.05, 0.1) is 25.4 Å². The maximum Gasteiger partial charge on any atom is 0.472 e. The van der Waals surface area contributed by atoms with Crippen molar-refractivity contribution in [1.29, 1.82) is 0 Å². The van der Waals surface area contributed by atoms with Crippen molar-refractivity contribution >= 4 is 13.7 Å². The van der Waals surface area contributed by atoms with E-state index in [1.807, 2.05) is 6.08 Å². The zero-order chi connectivity index (χ0) is 38.9. The lowest BCUT2D eigenvalue weighted by Crippen LogP contribution is -2.45. The normalized spacial score (nSPS) is 14.6. The van der Waals surface area contributed by atoms with Gasteiger partial charge in [-0.05, 0) is 64.2 Å². The molecular formula is C44H83N2O6P. The minimum atomic E-state index is -4.35. The van der Waals surface area contributed by atoms with Crippen LogP contribution in [0.25, 0.3) is 0 Å².